The molecule has 0 radical (unpaired) electrons. The number of carbonyl (C=O) groups is 1. The van der Waals surface area contributed by atoms with Crippen LogP contribution in [0, 0.1) is 13.8 Å². The van der Waals surface area contributed by atoms with Crippen molar-refractivity contribution in [2.75, 3.05) is 7.05 Å². The Kier molecular flexibility index (Phi) is 4.11. The SMILES string of the molecule is Cc1ccc(C(=O)N(C)Cc2nc3ccsc3c(=O)[nH]2)c(O)c1C. The number of rotatable bonds is 3. The standard InChI is InChI=1S/C17H17N3O3S/c1-9-4-5-11(14(21)10(9)2)17(23)20(3)8-13-18-12-6-7-24-15(12)16(22)19-13/h4-7,21H,8H2,1-3H3,(H,18,19,22). The maximum absolute atomic E-state index is 12.6. The van der Waals surface area contributed by atoms with Crippen LogP contribution >= 0.6 is 11.3 Å². The van der Waals surface area contributed by atoms with E-state index in [4.69, 9.17) is 0 Å². The van der Waals surface area contributed by atoms with Gasteiger partial charge in [-0.15, -0.1) is 11.3 Å². The lowest BCUT2D eigenvalue weighted by Gasteiger charge is -2.18. The zero-order valence-electron chi connectivity index (χ0n) is 13.6. The largest absolute Gasteiger partial charge is 0.507 e. The van der Waals surface area contributed by atoms with Gasteiger partial charge in [0.1, 0.15) is 16.3 Å². The predicted molar refractivity (Wildman–Crippen MR) is 93.6 cm³/mol. The van der Waals surface area contributed by atoms with E-state index in [1.165, 1.54) is 16.2 Å². The van der Waals surface area contributed by atoms with Crippen LogP contribution in [-0.4, -0.2) is 32.9 Å². The number of aromatic nitrogens is 2. The average molecular weight is 343 g/mol. The Morgan fingerprint density at radius 2 is 2.08 bits per heavy atom. The van der Waals surface area contributed by atoms with E-state index in [1.807, 2.05) is 6.92 Å². The summed E-state index contributed by atoms with van der Waals surface area (Å²) in [7, 11) is 1.61. The summed E-state index contributed by atoms with van der Waals surface area (Å²) in [5, 5.41) is 12.0. The van der Waals surface area contributed by atoms with Gasteiger partial charge in [0, 0.05) is 7.05 Å². The molecule has 3 aromatic rings. The summed E-state index contributed by atoms with van der Waals surface area (Å²) in [5.74, 6) is 0.0651. The van der Waals surface area contributed by atoms with Gasteiger partial charge in [-0.1, -0.05) is 6.07 Å². The first-order valence-corrected chi connectivity index (χ1v) is 8.27. The van der Waals surface area contributed by atoms with E-state index in [0.29, 0.717) is 21.6 Å². The molecule has 2 heterocycles. The maximum Gasteiger partial charge on any atom is 0.268 e. The molecule has 6 nitrogen and oxygen atoms in total. The number of phenolic OH excluding ortho intramolecular Hbond substituents is 1. The number of thiophene rings is 1. The van der Waals surface area contributed by atoms with Crippen LogP contribution in [0.5, 0.6) is 5.75 Å². The summed E-state index contributed by atoms with van der Waals surface area (Å²) in [6.45, 7) is 3.79. The van der Waals surface area contributed by atoms with Crippen LogP contribution < -0.4 is 5.56 Å². The summed E-state index contributed by atoms with van der Waals surface area (Å²) in [4.78, 5) is 33.0. The third-order valence-corrected chi connectivity index (χ3v) is 4.93. The fourth-order valence-electron chi connectivity index (χ4n) is 2.47. The lowest BCUT2D eigenvalue weighted by molar-refractivity contribution is 0.0778. The van der Waals surface area contributed by atoms with Crippen LogP contribution in [-0.2, 0) is 6.54 Å². The lowest BCUT2D eigenvalue weighted by Crippen LogP contribution is -2.28. The average Bonchev–Trinajstić information content (AvgIpc) is 3.01. The Balaban J connectivity index is 1.88. The van der Waals surface area contributed by atoms with Gasteiger partial charge in [-0.2, -0.15) is 0 Å². The number of aromatic amines is 1. The molecule has 1 amide bonds. The normalized spacial score (nSPS) is 11.0. The number of nitrogens with one attached hydrogen (secondary N) is 1. The van der Waals surface area contributed by atoms with E-state index in [0.717, 1.165) is 5.56 Å². The number of H-pyrrole nitrogens is 1. The summed E-state index contributed by atoms with van der Waals surface area (Å²) >= 11 is 1.33. The zero-order valence-corrected chi connectivity index (χ0v) is 14.4. The Morgan fingerprint density at radius 3 is 2.83 bits per heavy atom. The van der Waals surface area contributed by atoms with Gasteiger partial charge in [0.15, 0.2) is 0 Å². The van der Waals surface area contributed by atoms with Crippen molar-refractivity contribution in [3.8, 4) is 5.75 Å². The van der Waals surface area contributed by atoms with Gasteiger partial charge < -0.3 is 15.0 Å². The topological polar surface area (TPSA) is 86.3 Å². The number of benzene rings is 1. The molecule has 0 fully saturated rings. The van der Waals surface area contributed by atoms with Crippen molar-refractivity contribution >= 4 is 27.5 Å². The Labute approximate surface area is 142 Å². The van der Waals surface area contributed by atoms with Crippen molar-refractivity contribution in [2.24, 2.45) is 0 Å². The molecule has 0 unspecified atom stereocenters. The van der Waals surface area contributed by atoms with Crippen LogP contribution in [0.1, 0.15) is 27.3 Å². The highest BCUT2D eigenvalue weighted by Crippen LogP contribution is 2.26. The van der Waals surface area contributed by atoms with E-state index in [1.54, 1.807) is 37.6 Å². The molecular weight excluding hydrogens is 326 g/mol. The summed E-state index contributed by atoms with van der Waals surface area (Å²) in [6, 6.07) is 5.18. The third-order valence-electron chi connectivity index (χ3n) is 4.03. The van der Waals surface area contributed by atoms with Crippen molar-refractivity contribution in [3.05, 3.63) is 56.4 Å². The molecule has 7 heteroatoms. The molecule has 124 valence electrons. The highest BCUT2D eigenvalue weighted by molar-refractivity contribution is 7.17. The van der Waals surface area contributed by atoms with Gasteiger partial charge in [-0.3, -0.25) is 9.59 Å². The molecule has 0 saturated heterocycles. The van der Waals surface area contributed by atoms with Crippen molar-refractivity contribution in [3.63, 3.8) is 0 Å². The Bertz CT molecular complexity index is 990. The first-order valence-electron chi connectivity index (χ1n) is 7.39. The molecule has 3 rings (SSSR count). The van der Waals surface area contributed by atoms with Gasteiger partial charge in [-0.25, -0.2) is 4.98 Å². The molecular formula is C17H17N3O3S. The molecule has 0 aliphatic rings. The molecule has 0 saturated carbocycles. The minimum Gasteiger partial charge on any atom is -0.507 e. The second kappa shape index (κ2) is 6.09. The lowest BCUT2D eigenvalue weighted by atomic mass is 10.0. The molecule has 0 spiro atoms. The maximum atomic E-state index is 12.6. The minimum atomic E-state index is -0.330. The number of hydrogen-bond acceptors (Lipinski definition) is 5. The number of amides is 1. The van der Waals surface area contributed by atoms with Crippen LogP contribution in [0.4, 0.5) is 0 Å². The molecule has 2 aromatic heterocycles. The quantitative estimate of drug-likeness (QED) is 0.765. The second-order valence-electron chi connectivity index (χ2n) is 5.71. The highest BCUT2D eigenvalue weighted by Gasteiger charge is 2.19. The molecule has 1 aromatic carbocycles. The fraction of sp³-hybridized carbons (Fsp3) is 0.235. The first-order chi connectivity index (χ1) is 11.4. The van der Waals surface area contributed by atoms with Crippen LogP contribution in [0.15, 0.2) is 28.4 Å². The van der Waals surface area contributed by atoms with Gasteiger partial charge in [-0.05, 0) is 42.5 Å². The van der Waals surface area contributed by atoms with E-state index in [-0.39, 0.29) is 29.3 Å². The Morgan fingerprint density at radius 1 is 1.33 bits per heavy atom. The van der Waals surface area contributed by atoms with E-state index in [9.17, 15) is 14.7 Å². The van der Waals surface area contributed by atoms with Crippen molar-refractivity contribution < 1.29 is 9.90 Å². The van der Waals surface area contributed by atoms with Crippen molar-refractivity contribution in [2.45, 2.75) is 20.4 Å². The smallest absolute Gasteiger partial charge is 0.268 e. The Hall–Kier alpha value is -2.67. The number of fused-ring (bicyclic) bond motifs is 1. The monoisotopic (exact) mass is 343 g/mol. The minimum absolute atomic E-state index is 0.0124. The van der Waals surface area contributed by atoms with Gasteiger partial charge >= 0.3 is 0 Å². The molecule has 0 aliphatic carbocycles. The molecule has 0 atom stereocenters. The number of phenols is 1. The van der Waals surface area contributed by atoms with Gasteiger partial charge in [0.2, 0.25) is 0 Å². The summed E-state index contributed by atoms with van der Waals surface area (Å²) < 4.78 is 0.569. The van der Waals surface area contributed by atoms with Crippen molar-refractivity contribution in [1.82, 2.24) is 14.9 Å². The number of hydrogen-bond donors (Lipinski definition) is 2. The van der Waals surface area contributed by atoms with Crippen LogP contribution in [0.25, 0.3) is 10.2 Å². The molecule has 24 heavy (non-hydrogen) atoms. The predicted octanol–water partition coefficient (Wildman–Crippen LogP) is 2.58. The highest BCUT2D eigenvalue weighted by atomic mass is 32.1. The number of carbonyl (C=O) groups excluding carboxylic acids is 1. The van der Waals surface area contributed by atoms with E-state index >= 15 is 0 Å². The van der Waals surface area contributed by atoms with Gasteiger partial charge in [0.05, 0.1) is 17.6 Å². The fourth-order valence-corrected chi connectivity index (χ4v) is 3.20. The van der Waals surface area contributed by atoms with Crippen LogP contribution in [0.2, 0.25) is 0 Å². The molecule has 2 N–H and O–H groups in total. The van der Waals surface area contributed by atoms with E-state index < -0.39 is 0 Å². The molecule has 0 bridgehead atoms. The number of nitrogens with zero attached hydrogens (tertiary/aromatic N) is 2. The van der Waals surface area contributed by atoms with Crippen LogP contribution in [0.3, 0.4) is 0 Å². The first kappa shape index (κ1) is 16.2. The number of aromatic hydroxyl groups is 1. The zero-order chi connectivity index (χ0) is 17.4. The number of aryl methyl sites for hydroxylation is 1. The summed E-state index contributed by atoms with van der Waals surface area (Å²) in [5.41, 5.74) is 2.24. The van der Waals surface area contributed by atoms with E-state index in [2.05, 4.69) is 9.97 Å². The summed E-state index contributed by atoms with van der Waals surface area (Å²) in [6.07, 6.45) is 0. The molecule has 0 aliphatic heterocycles. The van der Waals surface area contributed by atoms with Crippen molar-refractivity contribution in [1.29, 1.82) is 0 Å². The second-order valence-corrected chi connectivity index (χ2v) is 6.63. The van der Waals surface area contributed by atoms with Gasteiger partial charge in [0.25, 0.3) is 11.5 Å². The third kappa shape index (κ3) is 2.78.